The molecule has 1 atom stereocenters. The van der Waals surface area contributed by atoms with Crippen molar-refractivity contribution >= 4 is 55.4 Å². The molecule has 1 aliphatic carbocycles. The maximum absolute atomic E-state index is 15.3. The fraction of sp³-hybridized carbons (Fsp3) is 0.397. The number of imidazole rings is 1. The standard InChI is InChI=1S/C58H67FN9O8S/c1-7-75-58-51(30-46-47(59)28-37(4)53(46)63-58)76-50-29-41(14-17-45(50)57(69)64-77(71,72)52-31-48(65(5)70)54(56-55(52)61-35-62-56)60-32-38-20-26-74-27-21-38)67-22-18-40(19-23-67)68-25-24-66(33-39-12-15-42(73-6)16-13-39)34-49(68)44-11-9-8-10-43(44)36(2)3/h8-17,28-31,35-36,38,40,49,60H,4,7,18-27,32-34H2,1-3,5-6H3,(H,61,62)(H,64,69)/q-1/t49-/m0/s1. The second-order valence-electron chi connectivity index (χ2n) is 20.5. The Balaban J connectivity index is 0.935. The first-order valence-electron chi connectivity index (χ1n) is 26.5. The monoisotopic (exact) mass is 1070 g/mol. The van der Waals surface area contributed by atoms with Crippen LogP contribution in [0.2, 0.25) is 0 Å². The molecule has 0 unspecified atom stereocenters. The first-order chi connectivity index (χ1) is 37.2. The molecule has 4 aliphatic rings. The number of aromatic amines is 1. The van der Waals surface area contributed by atoms with Gasteiger partial charge in [-0.25, -0.2) is 27.5 Å². The molecule has 77 heavy (non-hydrogen) atoms. The predicted molar refractivity (Wildman–Crippen MR) is 298 cm³/mol. The van der Waals surface area contributed by atoms with Crippen molar-refractivity contribution in [2.24, 2.45) is 5.92 Å². The molecule has 3 saturated heterocycles. The zero-order chi connectivity index (χ0) is 54.0. The van der Waals surface area contributed by atoms with E-state index in [-0.39, 0.29) is 69.2 Å². The number of sulfonamides is 1. The number of pyridine rings is 1. The third kappa shape index (κ3) is 11.4. The Kier molecular flexibility index (Phi) is 15.9. The fourth-order valence-corrected chi connectivity index (χ4v) is 12.4. The van der Waals surface area contributed by atoms with Crippen LogP contribution >= 0.6 is 0 Å². The van der Waals surface area contributed by atoms with Gasteiger partial charge < -0.3 is 44.4 Å². The smallest absolute Gasteiger partial charge is 0.268 e. The van der Waals surface area contributed by atoms with E-state index in [1.54, 1.807) is 26.2 Å². The van der Waals surface area contributed by atoms with Crippen molar-refractivity contribution in [3.05, 3.63) is 137 Å². The number of piperidine rings is 1. The summed E-state index contributed by atoms with van der Waals surface area (Å²) in [4.78, 5) is 33.6. The van der Waals surface area contributed by atoms with Gasteiger partial charge in [-0.1, -0.05) is 56.8 Å². The summed E-state index contributed by atoms with van der Waals surface area (Å²) in [6.45, 7) is 17.1. The predicted octanol–water partition coefficient (Wildman–Crippen LogP) is 10.0. The number of fused-ring (bicyclic) bond motifs is 2. The molecular weight excluding hydrogens is 1000 g/mol. The Bertz CT molecular complexity index is 3280. The number of methoxy groups -OCH3 is 1. The number of hydroxylamine groups is 1. The molecule has 3 N–H and O–H groups in total. The molecule has 3 fully saturated rings. The Morgan fingerprint density at radius 2 is 1.77 bits per heavy atom. The molecule has 0 bridgehead atoms. The number of carbonyl (C=O) groups is 1. The van der Waals surface area contributed by atoms with E-state index >= 15 is 4.39 Å². The number of nitrogens with zero attached hydrogens (tertiary/aromatic N) is 6. The summed E-state index contributed by atoms with van der Waals surface area (Å²) in [6, 6.07) is 25.3. The lowest BCUT2D eigenvalue weighted by molar-refractivity contribution is 0.0271. The SMILES string of the molecule is C=C1C=C(F)c2cc(Oc3cc(N4CCC(N5CCN(Cc6ccc(OC)cc6)C[C@H]5c5ccccc5C(C)C)CC4)ccc3C(=O)NS(=O)(=O)c3cc(N(C)[O-])c(NCC4CCOCC4)c4[nH]cnc34)c(OCC)nc21. The molecule has 0 spiro atoms. The normalized spacial score (nSPS) is 17.9. The molecule has 3 aliphatic heterocycles. The zero-order valence-electron chi connectivity index (χ0n) is 44.3. The third-order valence-corrected chi connectivity index (χ3v) is 16.6. The van der Waals surface area contributed by atoms with Crippen LogP contribution in [0.15, 0.2) is 103 Å². The molecule has 1 amide bonds. The Morgan fingerprint density at radius 3 is 2.49 bits per heavy atom. The molecule has 6 aromatic rings. The van der Waals surface area contributed by atoms with Crippen molar-refractivity contribution in [1.29, 1.82) is 0 Å². The number of amides is 1. The lowest BCUT2D eigenvalue weighted by Gasteiger charge is -2.48. The second kappa shape index (κ2) is 22.9. The molecule has 5 heterocycles. The first-order valence-corrected chi connectivity index (χ1v) is 28.0. The van der Waals surface area contributed by atoms with Gasteiger partial charge in [0, 0.05) is 88.4 Å². The number of aromatic nitrogens is 3. The van der Waals surface area contributed by atoms with Crippen LogP contribution in [0, 0.1) is 11.1 Å². The lowest BCUT2D eigenvalue weighted by Crippen LogP contribution is -2.54. The number of benzene rings is 4. The Labute approximate surface area is 449 Å². The van der Waals surface area contributed by atoms with Gasteiger partial charge in [-0.05, 0) is 116 Å². The van der Waals surface area contributed by atoms with E-state index in [9.17, 15) is 18.4 Å². The zero-order valence-corrected chi connectivity index (χ0v) is 45.1. The van der Waals surface area contributed by atoms with E-state index in [1.807, 2.05) is 12.1 Å². The number of halogens is 1. The van der Waals surface area contributed by atoms with Crippen LogP contribution in [0.1, 0.15) is 96.7 Å². The summed E-state index contributed by atoms with van der Waals surface area (Å²) in [5, 5.41) is 17.1. The number of hydrogen-bond acceptors (Lipinski definition) is 15. The van der Waals surface area contributed by atoms with E-state index in [1.165, 1.54) is 54.3 Å². The topological polar surface area (TPSA) is 190 Å². The molecule has 17 nitrogen and oxygen atoms in total. The summed E-state index contributed by atoms with van der Waals surface area (Å²) in [6.07, 6.45) is 6.02. The number of ether oxygens (including phenoxy) is 4. The molecule has 2 aromatic heterocycles. The van der Waals surface area contributed by atoms with Crippen molar-refractivity contribution in [3.8, 4) is 23.1 Å². The quantitative estimate of drug-likeness (QED) is 0.0689. The second-order valence-corrected chi connectivity index (χ2v) is 22.2. The van der Waals surface area contributed by atoms with Crippen LogP contribution in [0.5, 0.6) is 23.1 Å². The molecular formula is C58H67FN9O8S-. The molecule has 406 valence electrons. The van der Waals surface area contributed by atoms with E-state index in [2.05, 4.69) is 96.5 Å². The number of piperazine rings is 1. The molecule has 0 radical (unpaired) electrons. The summed E-state index contributed by atoms with van der Waals surface area (Å²) in [7, 11) is -1.76. The van der Waals surface area contributed by atoms with Gasteiger partial charge in [-0.15, -0.1) is 0 Å². The maximum Gasteiger partial charge on any atom is 0.268 e. The number of allylic oxidation sites excluding steroid dienone is 2. The molecule has 4 aromatic carbocycles. The van der Waals surface area contributed by atoms with Crippen molar-refractivity contribution in [3.63, 3.8) is 0 Å². The van der Waals surface area contributed by atoms with Crippen LogP contribution < -0.4 is 34.2 Å². The number of anilines is 3. The first kappa shape index (κ1) is 53.4. The van der Waals surface area contributed by atoms with Gasteiger partial charge in [-0.3, -0.25) is 14.6 Å². The van der Waals surface area contributed by atoms with Gasteiger partial charge in [0.1, 0.15) is 27.7 Å². The average molecular weight is 1070 g/mol. The number of rotatable bonds is 18. The Morgan fingerprint density at radius 1 is 1.00 bits per heavy atom. The van der Waals surface area contributed by atoms with Crippen LogP contribution in [-0.4, -0.2) is 118 Å². The molecule has 19 heteroatoms. The summed E-state index contributed by atoms with van der Waals surface area (Å²) >= 11 is 0. The lowest BCUT2D eigenvalue weighted by atomic mass is 9.89. The van der Waals surface area contributed by atoms with Crippen LogP contribution in [0.25, 0.3) is 22.4 Å². The average Bonchev–Trinajstić information content (AvgIpc) is 4.10. The number of carbonyl (C=O) groups excluding carboxylic acids is 1. The third-order valence-electron chi connectivity index (χ3n) is 15.3. The van der Waals surface area contributed by atoms with E-state index in [0.29, 0.717) is 66.3 Å². The van der Waals surface area contributed by atoms with Crippen LogP contribution in [-0.2, 0) is 21.3 Å². The minimum atomic E-state index is -4.72. The maximum atomic E-state index is 15.3. The van der Waals surface area contributed by atoms with Crippen molar-refractivity contribution in [2.45, 2.75) is 75.9 Å². The summed E-state index contributed by atoms with van der Waals surface area (Å²) in [5.41, 5.74) is 6.12. The molecule has 10 rings (SSSR count). The van der Waals surface area contributed by atoms with Gasteiger partial charge >= 0.3 is 0 Å². The van der Waals surface area contributed by atoms with Crippen molar-refractivity contribution in [1.82, 2.24) is 29.5 Å². The van der Waals surface area contributed by atoms with Gasteiger partial charge in [0.15, 0.2) is 5.75 Å². The van der Waals surface area contributed by atoms with Gasteiger partial charge in [-0.2, -0.15) is 0 Å². The van der Waals surface area contributed by atoms with Crippen molar-refractivity contribution < 1.29 is 36.6 Å². The number of nitrogens with one attached hydrogen (secondary N) is 3. The highest BCUT2D eigenvalue weighted by atomic mass is 32.2. The minimum absolute atomic E-state index is 0.0145. The van der Waals surface area contributed by atoms with Gasteiger partial charge in [0.2, 0.25) is 0 Å². The summed E-state index contributed by atoms with van der Waals surface area (Å²) in [5.74, 6) is -0.0579. The van der Waals surface area contributed by atoms with Crippen molar-refractivity contribution in [2.75, 3.05) is 88.5 Å². The van der Waals surface area contributed by atoms with Crippen LogP contribution in [0.3, 0.4) is 0 Å². The number of hydrogen-bond donors (Lipinski definition) is 3. The molecule has 0 saturated carbocycles. The highest BCUT2D eigenvalue weighted by Gasteiger charge is 2.37. The van der Waals surface area contributed by atoms with E-state index in [4.69, 9.17) is 18.9 Å². The summed E-state index contributed by atoms with van der Waals surface area (Å²) < 4.78 is 70.0. The number of H-pyrrole nitrogens is 1. The Hall–Kier alpha value is -7.03. The highest BCUT2D eigenvalue weighted by molar-refractivity contribution is 7.90. The fourth-order valence-electron chi connectivity index (χ4n) is 11.2. The van der Waals surface area contributed by atoms with Crippen LogP contribution in [0.4, 0.5) is 21.5 Å². The van der Waals surface area contributed by atoms with E-state index < -0.39 is 21.8 Å². The largest absolute Gasteiger partial charge is 0.758 e. The highest BCUT2D eigenvalue weighted by Crippen LogP contribution is 2.44. The van der Waals surface area contributed by atoms with Gasteiger partial charge in [0.25, 0.3) is 21.8 Å². The van der Waals surface area contributed by atoms with E-state index in [0.717, 1.165) is 63.3 Å². The van der Waals surface area contributed by atoms with Gasteiger partial charge in [0.05, 0.1) is 48.2 Å². The minimum Gasteiger partial charge on any atom is -0.758 e.